The number of halogens is 3. The zero-order chi connectivity index (χ0) is 17.0. The van der Waals surface area contributed by atoms with E-state index in [-0.39, 0.29) is 18.3 Å². The molecular weight excluding hydrogens is 309 g/mol. The standard InChI is InChI=1S/C9H7F3O.C8H8O2/c1-5-2-8-7(9(10,11)12)3-6(5)4-13-8;1-10-8(9)7-5-3-2-4-6-7/h2-3H,4H2,1H3;2-6H,1H3. The first-order valence-corrected chi connectivity index (χ1v) is 6.80. The molecule has 0 aromatic heterocycles. The Morgan fingerprint density at radius 1 is 1.17 bits per heavy atom. The SMILES string of the molecule is COC(=O)c1ccccc1.Cc1cc2c(C(F)(F)F)cc1CO2. The molecule has 2 aliphatic heterocycles. The van der Waals surface area contributed by atoms with Crippen LogP contribution in [0.4, 0.5) is 13.2 Å². The molecule has 2 heterocycles. The molecule has 0 radical (unpaired) electrons. The van der Waals surface area contributed by atoms with Gasteiger partial charge in [0.25, 0.3) is 0 Å². The molecule has 4 rings (SSSR count). The van der Waals surface area contributed by atoms with E-state index in [1.807, 2.05) is 6.07 Å². The summed E-state index contributed by atoms with van der Waals surface area (Å²) in [6.07, 6.45) is -4.31. The van der Waals surface area contributed by atoms with Crippen molar-refractivity contribution in [2.24, 2.45) is 0 Å². The lowest BCUT2D eigenvalue weighted by atomic mass is 10.0. The number of rotatable bonds is 1. The highest BCUT2D eigenvalue weighted by atomic mass is 19.4. The van der Waals surface area contributed by atoms with Gasteiger partial charge in [-0.05, 0) is 42.3 Å². The van der Waals surface area contributed by atoms with Gasteiger partial charge in [-0.2, -0.15) is 13.2 Å². The van der Waals surface area contributed by atoms with E-state index in [1.165, 1.54) is 13.2 Å². The van der Waals surface area contributed by atoms with Crippen molar-refractivity contribution in [3.63, 3.8) is 0 Å². The predicted molar refractivity (Wildman–Crippen MR) is 78.3 cm³/mol. The van der Waals surface area contributed by atoms with E-state index < -0.39 is 11.7 Å². The molecule has 3 nitrogen and oxygen atoms in total. The molecule has 0 N–H and O–H groups in total. The number of methoxy groups -OCH3 is 1. The summed E-state index contributed by atoms with van der Waals surface area (Å²) < 4.78 is 46.3. The minimum atomic E-state index is -4.31. The zero-order valence-electron chi connectivity index (χ0n) is 12.6. The number of benzene rings is 2. The maximum Gasteiger partial charge on any atom is 0.419 e. The third kappa shape index (κ3) is 4.03. The van der Waals surface area contributed by atoms with Crippen LogP contribution >= 0.6 is 0 Å². The van der Waals surface area contributed by atoms with Gasteiger partial charge in [-0.15, -0.1) is 0 Å². The molecule has 23 heavy (non-hydrogen) atoms. The normalized spacial score (nSPS) is 12.0. The predicted octanol–water partition coefficient (Wildman–Crippen LogP) is 4.38. The second-order valence-corrected chi connectivity index (χ2v) is 4.92. The van der Waals surface area contributed by atoms with Crippen LogP contribution in [0, 0.1) is 6.92 Å². The van der Waals surface area contributed by atoms with Crippen LogP contribution < -0.4 is 4.74 Å². The summed E-state index contributed by atoms with van der Waals surface area (Å²) in [5.74, 6) is -0.347. The molecule has 2 aliphatic rings. The number of ether oxygens (including phenoxy) is 2. The fourth-order valence-electron chi connectivity index (χ4n) is 2.07. The molecule has 2 bridgehead atoms. The Morgan fingerprint density at radius 3 is 2.26 bits per heavy atom. The van der Waals surface area contributed by atoms with Crippen molar-refractivity contribution in [1.82, 2.24) is 0 Å². The van der Waals surface area contributed by atoms with Crippen molar-refractivity contribution in [3.8, 4) is 5.75 Å². The van der Waals surface area contributed by atoms with E-state index in [0.29, 0.717) is 11.1 Å². The monoisotopic (exact) mass is 324 g/mol. The van der Waals surface area contributed by atoms with Gasteiger partial charge in [-0.3, -0.25) is 0 Å². The Kier molecular flexibility index (Phi) is 4.93. The largest absolute Gasteiger partial charge is 0.488 e. The third-order valence-corrected chi connectivity index (χ3v) is 3.32. The Bertz CT molecular complexity index is 694. The van der Waals surface area contributed by atoms with E-state index in [1.54, 1.807) is 31.2 Å². The van der Waals surface area contributed by atoms with E-state index >= 15 is 0 Å². The Labute approximate surface area is 131 Å². The van der Waals surface area contributed by atoms with Gasteiger partial charge in [-0.25, -0.2) is 4.79 Å². The van der Waals surface area contributed by atoms with Crippen molar-refractivity contribution in [2.45, 2.75) is 19.7 Å². The third-order valence-electron chi connectivity index (χ3n) is 3.32. The maximum absolute atomic E-state index is 12.3. The van der Waals surface area contributed by atoms with Crippen molar-refractivity contribution in [2.75, 3.05) is 7.11 Å². The highest BCUT2D eigenvalue weighted by Crippen LogP contribution is 2.40. The molecule has 0 aliphatic carbocycles. The number of alkyl halides is 3. The lowest BCUT2D eigenvalue weighted by molar-refractivity contribution is -0.139. The van der Waals surface area contributed by atoms with Gasteiger partial charge in [0.15, 0.2) is 0 Å². The summed E-state index contributed by atoms with van der Waals surface area (Å²) in [5, 5.41) is 0. The molecule has 0 amide bonds. The number of fused-ring (bicyclic) bond motifs is 3. The molecule has 0 fully saturated rings. The number of carbonyl (C=O) groups is 1. The van der Waals surface area contributed by atoms with Gasteiger partial charge in [0.2, 0.25) is 0 Å². The fraction of sp³-hybridized carbons (Fsp3) is 0.235. The van der Waals surface area contributed by atoms with Crippen LogP contribution in [0.15, 0.2) is 42.5 Å². The minimum absolute atomic E-state index is 0.0556. The molecule has 2 aromatic carbocycles. The topological polar surface area (TPSA) is 35.5 Å². The number of carbonyl (C=O) groups excluding carboxylic acids is 1. The van der Waals surface area contributed by atoms with Crippen LogP contribution in [-0.4, -0.2) is 13.1 Å². The van der Waals surface area contributed by atoms with E-state index in [9.17, 15) is 18.0 Å². The van der Waals surface area contributed by atoms with Gasteiger partial charge in [0, 0.05) is 0 Å². The molecule has 0 unspecified atom stereocenters. The molecule has 6 heteroatoms. The second kappa shape index (κ2) is 6.73. The molecule has 0 saturated heterocycles. The second-order valence-electron chi connectivity index (χ2n) is 4.92. The highest BCUT2D eigenvalue weighted by Gasteiger charge is 2.36. The van der Waals surface area contributed by atoms with E-state index in [4.69, 9.17) is 4.74 Å². The minimum Gasteiger partial charge on any atom is -0.488 e. The number of hydrogen-bond donors (Lipinski definition) is 0. The lowest BCUT2D eigenvalue weighted by Gasteiger charge is -2.22. The van der Waals surface area contributed by atoms with Crippen LogP contribution in [0.2, 0.25) is 0 Å². The summed E-state index contributed by atoms with van der Waals surface area (Å²) in [6.45, 7) is 2.04. The smallest absolute Gasteiger partial charge is 0.419 e. The van der Waals surface area contributed by atoms with Crippen molar-refractivity contribution in [1.29, 1.82) is 0 Å². The molecule has 0 atom stereocenters. The van der Waals surface area contributed by atoms with Gasteiger partial charge in [0.1, 0.15) is 12.4 Å². The Balaban J connectivity index is 0.000000174. The van der Waals surface area contributed by atoms with Crippen LogP contribution in [0.5, 0.6) is 5.75 Å². The molecular formula is C17H15F3O3. The quantitative estimate of drug-likeness (QED) is 0.730. The Morgan fingerprint density at radius 2 is 1.83 bits per heavy atom. The number of aryl methyl sites for hydroxylation is 1. The van der Waals surface area contributed by atoms with Gasteiger partial charge < -0.3 is 9.47 Å². The first kappa shape index (κ1) is 16.9. The van der Waals surface area contributed by atoms with Crippen LogP contribution in [0.25, 0.3) is 0 Å². The number of hydrogen-bond acceptors (Lipinski definition) is 3. The first-order valence-electron chi connectivity index (χ1n) is 6.80. The summed E-state index contributed by atoms with van der Waals surface area (Å²) in [5.41, 5.74) is 1.39. The lowest BCUT2D eigenvalue weighted by Crippen LogP contribution is -2.15. The molecule has 2 aromatic rings. The van der Waals surface area contributed by atoms with Gasteiger partial charge in [0.05, 0.1) is 18.2 Å². The van der Waals surface area contributed by atoms with Crippen LogP contribution in [-0.2, 0) is 17.5 Å². The molecule has 122 valence electrons. The maximum atomic E-state index is 12.3. The van der Waals surface area contributed by atoms with Crippen molar-refractivity contribution < 1.29 is 27.4 Å². The average molecular weight is 324 g/mol. The van der Waals surface area contributed by atoms with Crippen molar-refractivity contribution >= 4 is 5.97 Å². The summed E-state index contributed by atoms with van der Waals surface area (Å²) in [6, 6.07) is 11.5. The fourth-order valence-corrected chi connectivity index (χ4v) is 2.07. The molecule has 0 saturated carbocycles. The summed E-state index contributed by atoms with van der Waals surface area (Å²) in [7, 11) is 1.37. The first-order chi connectivity index (χ1) is 10.8. The highest BCUT2D eigenvalue weighted by molar-refractivity contribution is 5.89. The number of esters is 1. The summed E-state index contributed by atoms with van der Waals surface area (Å²) in [4.78, 5) is 10.8. The van der Waals surface area contributed by atoms with Crippen LogP contribution in [0.3, 0.4) is 0 Å². The van der Waals surface area contributed by atoms with Crippen LogP contribution in [0.1, 0.15) is 27.0 Å². The van der Waals surface area contributed by atoms with Gasteiger partial charge >= 0.3 is 12.1 Å². The Hall–Kier alpha value is -2.50. The molecule has 0 spiro atoms. The van der Waals surface area contributed by atoms with Crippen molar-refractivity contribution in [3.05, 3.63) is 64.7 Å². The van der Waals surface area contributed by atoms with E-state index in [2.05, 4.69) is 4.74 Å². The van der Waals surface area contributed by atoms with Gasteiger partial charge in [-0.1, -0.05) is 18.2 Å². The average Bonchev–Trinajstić information content (AvgIpc) is 2.55. The summed E-state index contributed by atoms with van der Waals surface area (Å²) >= 11 is 0. The zero-order valence-corrected chi connectivity index (χ0v) is 12.6. The van der Waals surface area contributed by atoms with E-state index in [0.717, 1.165) is 11.6 Å².